The number of fused-ring (bicyclic) bond motifs is 9. The van der Waals surface area contributed by atoms with E-state index in [1.54, 1.807) is 0 Å². The minimum atomic E-state index is -0.181. The van der Waals surface area contributed by atoms with Crippen LogP contribution in [-0.4, -0.2) is 0 Å². The Morgan fingerprint density at radius 1 is 0.356 bits per heavy atom. The Morgan fingerprint density at radius 3 is 1.13 bits per heavy atom. The Balaban J connectivity index is 1.42. The molecular formula is C45H34. The molecule has 0 spiro atoms. The van der Waals surface area contributed by atoms with Crippen LogP contribution >= 0.6 is 0 Å². The molecule has 0 amide bonds. The van der Waals surface area contributed by atoms with Crippen LogP contribution in [0.1, 0.15) is 36.1 Å². The predicted molar refractivity (Wildman–Crippen MR) is 194 cm³/mol. The second-order valence-corrected chi connectivity index (χ2v) is 13.4. The fourth-order valence-electron chi connectivity index (χ4n) is 8.31. The molecule has 0 saturated carbocycles. The van der Waals surface area contributed by atoms with Crippen LogP contribution in [0, 0.1) is 13.8 Å². The van der Waals surface area contributed by atoms with Gasteiger partial charge in [0.2, 0.25) is 0 Å². The zero-order valence-electron chi connectivity index (χ0n) is 26.2. The van der Waals surface area contributed by atoms with E-state index in [0.29, 0.717) is 0 Å². The number of rotatable bonds is 2. The van der Waals surface area contributed by atoms with E-state index in [0.717, 1.165) is 0 Å². The molecule has 1 aliphatic carbocycles. The van der Waals surface area contributed by atoms with Crippen molar-refractivity contribution >= 4 is 43.1 Å². The van der Waals surface area contributed by atoms with Gasteiger partial charge in [0.05, 0.1) is 0 Å². The van der Waals surface area contributed by atoms with Crippen LogP contribution in [0.25, 0.3) is 76.5 Å². The van der Waals surface area contributed by atoms with Crippen molar-refractivity contribution in [2.45, 2.75) is 33.1 Å². The van der Waals surface area contributed by atoms with Crippen molar-refractivity contribution in [2.24, 2.45) is 0 Å². The van der Waals surface area contributed by atoms with Gasteiger partial charge in [-0.3, -0.25) is 0 Å². The molecule has 0 aromatic heterocycles. The smallest absolute Gasteiger partial charge is 0.0159 e. The molecule has 45 heavy (non-hydrogen) atoms. The second kappa shape index (κ2) is 9.40. The van der Waals surface area contributed by atoms with Gasteiger partial charge >= 0.3 is 0 Å². The molecule has 0 fully saturated rings. The maximum atomic E-state index is 2.53. The molecule has 8 aromatic rings. The van der Waals surface area contributed by atoms with Crippen molar-refractivity contribution in [3.05, 3.63) is 156 Å². The first kappa shape index (κ1) is 26.2. The quantitative estimate of drug-likeness (QED) is 0.193. The Bertz CT molecular complexity index is 2350. The molecule has 0 atom stereocenters. The summed E-state index contributed by atoms with van der Waals surface area (Å²) in [7, 11) is 0. The standard InChI is InChI=1S/C45H34/c1-27-21-23-29-13-5-7-15-31(29)41(27)37-25-39-43(35-19-11-9-17-33(35)37)44-36-20-12-10-18-34(36)38(26-40(44)45(39,3)4)42-28(2)22-24-30-14-6-8-16-32(30)42/h5-26H,1-4H3. The van der Waals surface area contributed by atoms with E-state index in [-0.39, 0.29) is 5.41 Å². The molecule has 0 aliphatic heterocycles. The van der Waals surface area contributed by atoms with Crippen LogP contribution in [0.2, 0.25) is 0 Å². The molecule has 0 heteroatoms. The molecule has 0 radical (unpaired) electrons. The number of hydrogen-bond acceptors (Lipinski definition) is 0. The summed E-state index contributed by atoms with van der Waals surface area (Å²) in [6, 6.07) is 50.0. The average Bonchev–Trinajstić information content (AvgIpc) is 3.30. The van der Waals surface area contributed by atoms with Crippen LogP contribution in [0.3, 0.4) is 0 Å². The Morgan fingerprint density at radius 2 is 0.711 bits per heavy atom. The Hall–Kier alpha value is -5.20. The van der Waals surface area contributed by atoms with E-state index in [1.807, 2.05) is 0 Å². The molecular weight excluding hydrogens is 540 g/mol. The second-order valence-electron chi connectivity index (χ2n) is 13.4. The van der Waals surface area contributed by atoms with Crippen LogP contribution in [0.15, 0.2) is 133 Å². The molecule has 0 nitrogen and oxygen atoms in total. The largest absolute Gasteiger partial charge is 0.0616 e. The van der Waals surface area contributed by atoms with Crippen molar-refractivity contribution in [1.82, 2.24) is 0 Å². The van der Waals surface area contributed by atoms with Crippen molar-refractivity contribution in [3.8, 4) is 33.4 Å². The van der Waals surface area contributed by atoms with Crippen LogP contribution in [0.4, 0.5) is 0 Å². The predicted octanol–water partition coefficient (Wildman–Crippen LogP) is 12.6. The molecule has 1 aliphatic rings. The third-order valence-corrected chi connectivity index (χ3v) is 10.5. The third-order valence-electron chi connectivity index (χ3n) is 10.5. The fourth-order valence-corrected chi connectivity index (χ4v) is 8.31. The highest BCUT2D eigenvalue weighted by molar-refractivity contribution is 6.19. The van der Waals surface area contributed by atoms with Gasteiger partial charge in [-0.05, 0) is 125 Å². The maximum absolute atomic E-state index is 2.53. The monoisotopic (exact) mass is 574 g/mol. The van der Waals surface area contributed by atoms with Crippen molar-refractivity contribution in [1.29, 1.82) is 0 Å². The molecule has 0 heterocycles. The highest BCUT2D eigenvalue weighted by Gasteiger charge is 2.39. The lowest BCUT2D eigenvalue weighted by Crippen LogP contribution is -2.15. The first-order valence-corrected chi connectivity index (χ1v) is 16.0. The van der Waals surface area contributed by atoms with Crippen molar-refractivity contribution in [3.63, 3.8) is 0 Å². The zero-order chi connectivity index (χ0) is 30.4. The van der Waals surface area contributed by atoms with E-state index < -0.39 is 0 Å². The van der Waals surface area contributed by atoms with E-state index in [4.69, 9.17) is 0 Å². The molecule has 8 aromatic carbocycles. The number of benzene rings is 8. The fraction of sp³-hybridized carbons (Fsp3) is 0.111. The van der Waals surface area contributed by atoms with Crippen LogP contribution in [-0.2, 0) is 5.41 Å². The van der Waals surface area contributed by atoms with Gasteiger partial charge in [-0.15, -0.1) is 0 Å². The SMILES string of the molecule is Cc1ccc2ccccc2c1-c1cc2c(c3ccccc13)-c1c(cc(-c3c(C)ccc4ccccc34)c3ccccc13)C2(C)C. The van der Waals surface area contributed by atoms with Crippen LogP contribution in [0.5, 0.6) is 0 Å². The molecule has 0 unspecified atom stereocenters. The van der Waals surface area contributed by atoms with E-state index in [2.05, 4.69) is 161 Å². The maximum Gasteiger partial charge on any atom is 0.0159 e. The number of aryl methyl sites for hydroxylation is 2. The number of hydrogen-bond donors (Lipinski definition) is 0. The summed E-state index contributed by atoms with van der Waals surface area (Å²) in [5.41, 5.74) is 13.4. The Labute approximate surface area is 264 Å². The summed E-state index contributed by atoms with van der Waals surface area (Å²) < 4.78 is 0. The van der Waals surface area contributed by atoms with Gasteiger partial charge in [0.25, 0.3) is 0 Å². The topological polar surface area (TPSA) is 0 Å². The summed E-state index contributed by atoms with van der Waals surface area (Å²) in [5, 5.41) is 10.5. The normalized spacial score (nSPS) is 13.5. The highest BCUT2D eigenvalue weighted by Crippen LogP contribution is 2.57. The van der Waals surface area contributed by atoms with E-state index in [1.165, 1.54) is 98.7 Å². The summed E-state index contributed by atoms with van der Waals surface area (Å²) in [5.74, 6) is 0. The molecule has 9 rings (SSSR count). The lowest BCUT2D eigenvalue weighted by molar-refractivity contribution is 0.661. The van der Waals surface area contributed by atoms with Gasteiger partial charge in [0.15, 0.2) is 0 Å². The highest BCUT2D eigenvalue weighted by atomic mass is 14.4. The van der Waals surface area contributed by atoms with Gasteiger partial charge < -0.3 is 0 Å². The van der Waals surface area contributed by atoms with Gasteiger partial charge in [-0.2, -0.15) is 0 Å². The summed E-state index contributed by atoms with van der Waals surface area (Å²) in [6.45, 7) is 9.38. The third kappa shape index (κ3) is 3.60. The summed E-state index contributed by atoms with van der Waals surface area (Å²) >= 11 is 0. The molecule has 0 bridgehead atoms. The van der Waals surface area contributed by atoms with Crippen molar-refractivity contribution in [2.75, 3.05) is 0 Å². The lowest BCUT2D eigenvalue weighted by Gasteiger charge is -2.25. The van der Waals surface area contributed by atoms with Gasteiger partial charge in [0.1, 0.15) is 0 Å². The zero-order valence-corrected chi connectivity index (χ0v) is 26.2. The van der Waals surface area contributed by atoms with E-state index in [9.17, 15) is 0 Å². The van der Waals surface area contributed by atoms with Crippen molar-refractivity contribution < 1.29 is 0 Å². The molecule has 0 saturated heterocycles. The lowest BCUT2D eigenvalue weighted by atomic mass is 9.78. The minimum Gasteiger partial charge on any atom is -0.0616 e. The average molecular weight is 575 g/mol. The first-order valence-electron chi connectivity index (χ1n) is 16.0. The van der Waals surface area contributed by atoms with Gasteiger partial charge in [-0.25, -0.2) is 0 Å². The molecule has 214 valence electrons. The van der Waals surface area contributed by atoms with E-state index >= 15 is 0 Å². The van der Waals surface area contributed by atoms with Crippen LogP contribution < -0.4 is 0 Å². The van der Waals surface area contributed by atoms with Gasteiger partial charge in [-0.1, -0.05) is 135 Å². The molecule has 0 N–H and O–H groups in total. The first-order chi connectivity index (χ1) is 21.9. The minimum absolute atomic E-state index is 0.181. The summed E-state index contributed by atoms with van der Waals surface area (Å²) in [4.78, 5) is 0. The summed E-state index contributed by atoms with van der Waals surface area (Å²) in [6.07, 6.45) is 0. The Kier molecular flexibility index (Phi) is 5.48. The van der Waals surface area contributed by atoms with Gasteiger partial charge in [0, 0.05) is 5.41 Å².